The molecule has 0 aliphatic carbocycles. The standard InChI is InChI=1S/C15H19N3/c1-10(2)18-9-14(11(3)17-18)12-5-4-6-15-13(12)7-8-16-15/h4-6,9-10,16H,7-8H2,1-3H3. The van der Waals surface area contributed by atoms with E-state index in [1.54, 1.807) is 0 Å². The fraction of sp³-hybridized carbons (Fsp3) is 0.400. The van der Waals surface area contributed by atoms with Crippen LogP contribution < -0.4 is 5.32 Å². The average Bonchev–Trinajstić information content (AvgIpc) is 2.94. The lowest BCUT2D eigenvalue weighted by molar-refractivity contribution is 0.529. The van der Waals surface area contributed by atoms with Gasteiger partial charge < -0.3 is 5.32 Å². The molecular formula is C15H19N3. The lowest BCUT2D eigenvalue weighted by Crippen LogP contribution is -2.00. The van der Waals surface area contributed by atoms with Crippen molar-refractivity contribution < 1.29 is 0 Å². The Kier molecular flexibility index (Phi) is 2.62. The molecule has 2 heterocycles. The molecule has 1 N–H and O–H groups in total. The van der Waals surface area contributed by atoms with Crippen molar-refractivity contribution in [2.24, 2.45) is 0 Å². The summed E-state index contributed by atoms with van der Waals surface area (Å²) in [6, 6.07) is 6.90. The number of aryl methyl sites for hydroxylation is 1. The summed E-state index contributed by atoms with van der Waals surface area (Å²) in [6.07, 6.45) is 3.28. The topological polar surface area (TPSA) is 29.9 Å². The molecule has 0 amide bonds. The van der Waals surface area contributed by atoms with E-state index < -0.39 is 0 Å². The molecule has 0 saturated heterocycles. The molecule has 1 aromatic heterocycles. The molecule has 0 saturated carbocycles. The van der Waals surface area contributed by atoms with E-state index in [9.17, 15) is 0 Å². The molecule has 3 heteroatoms. The summed E-state index contributed by atoms with van der Waals surface area (Å²) in [6.45, 7) is 7.46. The Morgan fingerprint density at radius 2 is 2.11 bits per heavy atom. The quantitative estimate of drug-likeness (QED) is 0.873. The second kappa shape index (κ2) is 4.16. The predicted molar refractivity (Wildman–Crippen MR) is 75.0 cm³/mol. The lowest BCUT2D eigenvalue weighted by Gasteiger charge is -2.07. The van der Waals surface area contributed by atoms with E-state index in [-0.39, 0.29) is 0 Å². The number of aromatic nitrogens is 2. The monoisotopic (exact) mass is 241 g/mol. The summed E-state index contributed by atoms with van der Waals surface area (Å²) in [5.74, 6) is 0. The van der Waals surface area contributed by atoms with Crippen molar-refractivity contribution in [2.45, 2.75) is 33.2 Å². The van der Waals surface area contributed by atoms with E-state index >= 15 is 0 Å². The van der Waals surface area contributed by atoms with Gasteiger partial charge in [-0.25, -0.2) is 0 Å². The van der Waals surface area contributed by atoms with Gasteiger partial charge in [-0.3, -0.25) is 4.68 Å². The van der Waals surface area contributed by atoms with Crippen LogP contribution in [0.15, 0.2) is 24.4 Å². The minimum atomic E-state index is 0.410. The van der Waals surface area contributed by atoms with Gasteiger partial charge in [0.2, 0.25) is 0 Å². The molecule has 1 aliphatic rings. The van der Waals surface area contributed by atoms with Crippen LogP contribution in [0.3, 0.4) is 0 Å². The Hall–Kier alpha value is -1.77. The highest BCUT2D eigenvalue weighted by Crippen LogP contribution is 2.34. The highest BCUT2D eigenvalue weighted by atomic mass is 15.3. The maximum Gasteiger partial charge on any atom is 0.0672 e. The highest BCUT2D eigenvalue weighted by Gasteiger charge is 2.18. The maximum absolute atomic E-state index is 4.61. The number of fused-ring (bicyclic) bond motifs is 1. The fourth-order valence-corrected chi connectivity index (χ4v) is 2.61. The van der Waals surface area contributed by atoms with Crippen molar-refractivity contribution in [2.75, 3.05) is 11.9 Å². The largest absolute Gasteiger partial charge is 0.384 e. The third-order valence-corrected chi connectivity index (χ3v) is 3.60. The van der Waals surface area contributed by atoms with E-state index in [4.69, 9.17) is 0 Å². The minimum absolute atomic E-state index is 0.410. The Bertz CT molecular complexity index is 581. The summed E-state index contributed by atoms with van der Waals surface area (Å²) in [5, 5.41) is 8.04. The minimum Gasteiger partial charge on any atom is -0.384 e. The van der Waals surface area contributed by atoms with Crippen LogP contribution in [0.5, 0.6) is 0 Å². The highest BCUT2D eigenvalue weighted by molar-refractivity contribution is 5.76. The van der Waals surface area contributed by atoms with E-state index in [0.717, 1.165) is 18.7 Å². The van der Waals surface area contributed by atoms with Crippen molar-refractivity contribution in [1.29, 1.82) is 0 Å². The fourth-order valence-electron chi connectivity index (χ4n) is 2.61. The van der Waals surface area contributed by atoms with Crippen molar-refractivity contribution >= 4 is 5.69 Å². The molecule has 1 aromatic carbocycles. The first-order chi connectivity index (χ1) is 8.66. The third-order valence-electron chi connectivity index (χ3n) is 3.60. The van der Waals surface area contributed by atoms with Crippen LogP contribution in [0.25, 0.3) is 11.1 Å². The maximum atomic E-state index is 4.61. The van der Waals surface area contributed by atoms with Gasteiger partial charge in [-0.2, -0.15) is 5.10 Å². The second-order valence-corrected chi connectivity index (χ2v) is 5.21. The first-order valence-electron chi connectivity index (χ1n) is 6.58. The van der Waals surface area contributed by atoms with Gasteiger partial charge in [0.25, 0.3) is 0 Å². The number of anilines is 1. The number of hydrogen-bond donors (Lipinski definition) is 1. The van der Waals surface area contributed by atoms with Crippen LogP contribution in [0.4, 0.5) is 5.69 Å². The second-order valence-electron chi connectivity index (χ2n) is 5.21. The molecule has 18 heavy (non-hydrogen) atoms. The first-order valence-corrected chi connectivity index (χ1v) is 6.58. The Morgan fingerprint density at radius 1 is 1.28 bits per heavy atom. The number of nitrogens with zero attached hydrogens (tertiary/aromatic N) is 2. The molecule has 0 spiro atoms. The van der Waals surface area contributed by atoms with Gasteiger partial charge in [-0.1, -0.05) is 12.1 Å². The Morgan fingerprint density at radius 3 is 2.83 bits per heavy atom. The van der Waals surface area contributed by atoms with Crippen LogP contribution >= 0.6 is 0 Å². The molecule has 3 rings (SSSR count). The summed E-state index contributed by atoms with van der Waals surface area (Å²) in [5.41, 5.74) is 6.43. The number of rotatable bonds is 2. The molecule has 3 nitrogen and oxygen atoms in total. The van der Waals surface area contributed by atoms with E-state index in [1.807, 2.05) is 4.68 Å². The summed E-state index contributed by atoms with van der Waals surface area (Å²) >= 11 is 0. The van der Waals surface area contributed by atoms with Crippen LogP contribution in [0.1, 0.15) is 31.1 Å². The van der Waals surface area contributed by atoms with Crippen LogP contribution in [-0.2, 0) is 6.42 Å². The lowest BCUT2D eigenvalue weighted by atomic mass is 9.98. The molecule has 0 atom stereocenters. The number of benzene rings is 1. The molecule has 94 valence electrons. The SMILES string of the molecule is Cc1nn(C(C)C)cc1-c1cccc2c1CCN2. The third kappa shape index (κ3) is 1.70. The summed E-state index contributed by atoms with van der Waals surface area (Å²) < 4.78 is 2.05. The molecule has 0 unspecified atom stereocenters. The van der Waals surface area contributed by atoms with Gasteiger partial charge in [0.05, 0.1) is 5.69 Å². The van der Waals surface area contributed by atoms with Crippen LogP contribution in [-0.4, -0.2) is 16.3 Å². The summed E-state index contributed by atoms with van der Waals surface area (Å²) in [4.78, 5) is 0. The van der Waals surface area contributed by atoms with E-state index in [1.165, 1.54) is 22.4 Å². The molecule has 2 aromatic rings. The van der Waals surface area contributed by atoms with E-state index in [0.29, 0.717) is 6.04 Å². The molecule has 0 fully saturated rings. The van der Waals surface area contributed by atoms with Crippen LogP contribution in [0.2, 0.25) is 0 Å². The van der Waals surface area contributed by atoms with E-state index in [2.05, 4.69) is 55.6 Å². The molecule has 1 aliphatic heterocycles. The zero-order valence-corrected chi connectivity index (χ0v) is 11.2. The molecule has 0 radical (unpaired) electrons. The zero-order chi connectivity index (χ0) is 12.7. The smallest absolute Gasteiger partial charge is 0.0672 e. The molecular weight excluding hydrogens is 222 g/mol. The van der Waals surface area contributed by atoms with Gasteiger partial charge in [0, 0.05) is 30.0 Å². The van der Waals surface area contributed by atoms with Crippen LogP contribution in [0, 0.1) is 6.92 Å². The normalized spacial score (nSPS) is 13.8. The first kappa shape index (κ1) is 11.3. The number of hydrogen-bond acceptors (Lipinski definition) is 2. The van der Waals surface area contributed by atoms with Gasteiger partial charge in [-0.15, -0.1) is 0 Å². The zero-order valence-electron chi connectivity index (χ0n) is 11.2. The van der Waals surface area contributed by atoms with Gasteiger partial charge in [0.1, 0.15) is 0 Å². The number of nitrogens with one attached hydrogen (secondary N) is 1. The predicted octanol–water partition coefficient (Wildman–Crippen LogP) is 3.41. The van der Waals surface area contributed by atoms with Gasteiger partial charge in [-0.05, 0) is 44.4 Å². The Labute approximate surface area is 108 Å². The van der Waals surface area contributed by atoms with Gasteiger partial charge in [0.15, 0.2) is 0 Å². The van der Waals surface area contributed by atoms with Crippen molar-refractivity contribution in [1.82, 2.24) is 9.78 Å². The van der Waals surface area contributed by atoms with Gasteiger partial charge >= 0.3 is 0 Å². The Balaban J connectivity index is 2.13. The molecule has 0 bridgehead atoms. The van der Waals surface area contributed by atoms with Crippen molar-refractivity contribution in [3.63, 3.8) is 0 Å². The van der Waals surface area contributed by atoms with Crippen molar-refractivity contribution in [3.8, 4) is 11.1 Å². The summed E-state index contributed by atoms with van der Waals surface area (Å²) in [7, 11) is 0. The average molecular weight is 241 g/mol. The van der Waals surface area contributed by atoms with Crippen molar-refractivity contribution in [3.05, 3.63) is 35.7 Å².